The molecule has 0 atom stereocenters. The first-order valence-corrected chi connectivity index (χ1v) is 1.19. The van der Waals surface area contributed by atoms with Crippen molar-refractivity contribution >= 4 is 5.91 Å². The molecule has 0 radical (unpaired) electrons. The summed E-state index contributed by atoms with van der Waals surface area (Å²) in [5.74, 6) is -0.481. The smallest absolute Gasteiger partial charge is 0.240 e. The van der Waals surface area contributed by atoms with E-state index in [9.17, 15) is 4.79 Å². The zero-order chi connectivity index (χ0) is 4.28. The van der Waals surface area contributed by atoms with Crippen LogP contribution in [0.15, 0.2) is 12.7 Å². The van der Waals surface area contributed by atoms with Crippen LogP contribution in [0.25, 0.3) is 0 Å². The summed E-state index contributed by atoms with van der Waals surface area (Å²) < 4.78 is 0. The minimum absolute atomic E-state index is 0. The summed E-state index contributed by atoms with van der Waals surface area (Å²) in [6, 6.07) is 0. The van der Waals surface area contributed by atoms with Gasteiger partial charge >= 0.3 is 0 Å². The van der Waals surface area contributed by atoms with E-state index >= 15 is 0 Å². The van der Waals surface area contributed by atoms with Crippen LogP contribution in [0, 0.1) is 0 Å². The lowest BCUT2D eigenvalue weighted by Crippen LogP contribution is -2.04. The molecule has 0 aromatic rings. The van der Waals surface area contributed by atoms with Gasteiger partial charge in [0.2, 0.25) is 5.91 Å². The largest absolute Gasteiger partial charge is 0.366 e. The summed E-state index contributed by atoms with van der Waals surface area (Å²) in [4.78, 5) is 9.47. The van der Waals surface area contributed by atoms with Gasteiger partial charge in [-0.3, -0.25) is 9.50 Å². The van der Waals surface area contributed by atoms with Crippen molar-refractivity contribution in [2.45, 2.75) is 0 Å². The Morgan fingerprint density at radius 2 is 2.00 bits per heavy atom. The van der Waals surface area contributed by atoms with Crippen LogP contribution in [-0.4, -0.2) is 5.91 Å². The minimum Gasteiger partial charge on any atom is -0.366 e. The Bertz CT molecular complexity index is 61.8. The second-order valence-electron chi connectivity index (χ2n) is 0.606. The van der Waals surface area contributed by atoms with Crippen LogP contribution in [-0.2, 0) is 4.79 Å². The number of halogens is 1. The summed E-state index contributed by atoms with van der Waals surface area (Å²) in [6.07, 6.45) is 1.06. The summed E-state index contributed by atoms with van der Waals surface area (Å²) in [5, 5.41) is 0. The van der Waals surface area contributed by atoms with Crippen molar-refractivity contribution in [3.8, 4) is 0 Å². The van der Waals surface area contributed by atoms with Crippen LogP contribution in [0.3, 0.4) is 0 Å². The highest BCUT2D eigenvalue weighted by atomic mass is 19.0. The van der Waals surface area contributed by atoms with Crippen molar-refractivity contribution in [1.82, 2.24) is 0 Å². The number of rotatable bonds is 1. The highest BCUT2D eigenvalue weighted by molar-refractivity contribution is 5.84. The van der Waals surface area contributed by atoms with E-state index in [1.54, 1.807) is 0 Å². The standard InChI is InChI=1S/C3H5NO.FH/c1-2-3(4)5;/h2H,1H2,(H2,4,5);1H. The Balaban J connectivity index is 0. The molecule has 0 aliphatic rings. The SMILES string of the molecule is C=CC(N)=O.F. The topological polar surface area (TPSA) is 43.1 Å². The van der Waals surface area contributed by atoms with Gasteiger partial charge in [-0.05, 0) is 6.08 Å². The molecule has 0 aliphatic heterocycles. The Hall–Kier alpha value is -0.860. The highest BCUT2D eigenvalue weighted by Gasteiger charge is 1.69. The molecule has 0 aliphatic carbocycles. The van der Waals surface area contributed by atoms with Crippen molar-refractivity contribution in [3.63, 3.8) is 0 Å². The zero-order valence-corrected chi connectivity index (χ0v) is 3.18. The predicted octanol–water partition coefficient (Wildman–Crippen LogP) is -0.190. The average Bonchev–Trinajstić information content (AvgIpc) is 1.38. The van der Waals surface area contributed by atoms with Crippen molar-refractivity contribution in [1.29, 1.82) is 0 Å². The minimum atomic E-state index is -0.481. The normalized spacial score (nSPS) is 5.33. The molecule has 0 spiro atoms. The summed E-state index contributed by atoms with van der Waals surface area (Å²) in [5.41, 5.74) is 4.53. The molecule has 0 saturated carbocycles. The molecule has 0 heterocycles. The van der Waals surface area contributed by atoms with E-state index in [-0.39, 0.29) is 4.70 Å². The lowest BCUT2D eigenvalue weighted by atomic mass is 10.6. The average molecular weight is 91.1 g/mol. The van der Waals surface area contributed by atoms with Crippen LogP contribution in [0.2, 0.25) is 0 Å². The van der Waals surface area contributed by atoms with Crippen LogP contribution in [0.4, 0.5) is 4.70 Å². The van der Waals surface area contributed by atoms with Crippen LogP contribution < -0.4 is 5.73 Å². The number of hydrogen-bond donors (Lipinski definition) is 1. The summed E-state index contributed by atoms with van der Waals surface area (Å²) in [6.45, 7) is 3.09. The molecule has 0 saturated heterocycles. The fraction of sp³-hybridized carbons (Fsp3) is 0. The molecule has 3 heteroatoms. The molecule has 0 aromatic carbocycles. The van der Waals surface area contributed by atoms with E-state index in [2.05, 4.69) is 12.3 Å². The van der Waals surface area contributed by atoms with E-state index in [1.807, 2.05) is 0 Å². The summed E-state index contributed by atoms with van der Waals surface area (Å²) >= 11 is 0. The quantitative estimate of drug-likeness (QED) is 0.446. The monoisotopic (exact) mass is 91.0 g/mol. The number of primary amides is 1. The molecule has 0 fully saturated rings. The molecule has 2 N–H and O–H groups in total. The number of amides is 1. The lowest BCUT2D eigenvalue weighted by Gasteiger charge is -1.65. The van der Waals surface area contributed by atoms with Crippen LogP contribution in [0.1, 0.15) is 0 Å². The number of hydrogen-bond acceptors (Lipinski definition) is 1. The van der Waals surface area contributed by atoms with Crippen molar-refractivity contribution < 1.29 is 9.50 Å². The molecule has 0 bridgehead atoms. The molecule has 0 rings (SSSR count). The van der Waals surface area contributed by atoms with E-state index in [1.165, 1.54) is 0 Å². The molecule has 36 valence electrons. The molecular formula is C3H6FNO. The van der Waals surface area contributed by atoms with Crippen molar-refractivity contribution in [3.05, 3.63) is 12.7 Å². The first-order valence-electron chi connectivity index (χ1n) is 1.19. The van der Waals surface area contributed by atoms with Gasteiger partial charge < -0.3 is 5.73 Å². The number of carbonyl (C=O) groups is 1. The van der Waals surface area contributed by atoms with Gasteiger partial charge in [0.15, 0.2) is 0 Å². The molecule has 6 heavy (non-hydrogen) atoms. The van der Waals surface area contributed by atoms with Crippen molar-refractivity contribution in [2.75, 3.05) is 0 Å². The van der Waals surface area contributed by atoms with Gasteiger partial charge in [0, 0.05) is 0 Å². The lowest BCUT2D eigenvalue weighted by molar-refractivity contribution is -0.113. The van der Waals surface area contributed by atoms with Gasteiger partial charge in [-0.1, -0.05) is 6.58 Å². The fourth-order valence-electron chi connectivity index (χ4n) is 0. The van der Waals surface area contributed by atoms with E-state index in [0.29, 0.717) is 0 Å². The van der Waals surface area contributed by atoms with E-state index < -0.39 is 5.91 Å². The first-order chi connectivity index (χ1) is 2.27. The first kappa shape index (κ1) is 8.94. The second-order valence-corrected chi connectivity index (χ2v) is 0.606. The molecule has 0 aromatic heterocycles. The maximum absolute atomic E-state index is 9.47. The molecule has 0 unspecified atom stereocenters. The fourth-order valence-corrected chi connectivity index (χ4v) is 0. The Morgan fingerprint density at radius 3 is 2.00 bits per heavy atom. The van der Waals surface area contributed by atoms with E-state index in [0.717, 1.165) is 6.08 Å². The van der Waals surface area contributed by atoms with Crippen LogP contribution in [0.5, 0.6) is 0 Å². The second kappa shape index (κ2) is 4.14. The van der Waals surface area contributed by atoms with Crippen LogP contribution >= 0.6 is 0 Å². The van der Waals surface area contributed by atoms with Gasteiger partial charge in [-0.15, -0.1) is 0 Å². The maximum atomic E-state index is 9.47. The third-order valence-electron chi connectivity index (χ3n) is 0.201. The van der Waals surface area contributed by atoms with Gasteiger partial charge in [0.05, 0.1) is 0 Å². The van der Waals surface area contributed by atoms with Gasteiger partial charge in [0.25, 0.3) is 0 Å². The Kier molecular flexibility index (Phi) is 6.17. The number of nitrogens with two attached hydrogens (primary N) is 1. The molecule has 1 amide bonds. The third-order valence-corrected chi connectivity index (χ3v) is 0.201. The van der Waals surface area contributed by atoms with E-state index in [4.69, 9.17) is 0 Å². The maximum Gasteiger partial charge on any atom is 0.240 e. The third kappa shape index (κ3) is 11.1. The van der Waals surface area contributed by atoms with Gasteiger partial charge in [-0.25, -0.2) is 0 Å². The summed E-state index contributed by atoms with van der Waals surface area (Å²) in [7, 11) is 0. The van der Waals surface area contributed by atoms with Gasteiger partial charge in [0.1, 0.15) is 0 Å². The van der Waals surface area contributed by atoms with Gasteiger partial charge in [-0.2, -0.15) is 0 Å². The predicted molar refractivity (Wildman–Crippen MR) is 21.9 cm³/mol. The Labute approximate surface area is 35.0 Å². The molecule has 2 nitrogen and oxygen atoms in total. The number of carbonyl (C=O) groups excluding carboxylic acids is 1. The van der Waals surface area contributed by atoms with Crippen molar-refractivity contribution in [2.24, 2.45) is 5.73 Å². The zero-order valence-electron chi connectivity index (χ0n) is 3.18. The molecular weight excluding hydrogens is 85.0 g/mol. The highest BCUT2D eigenvalue weighted by Crippen LogP contribution is 1.48. The Morgan fingerprint density at radius 1 is 1.83 bits per heavy atom.